The summed E-state index contributed by atoms with van der Waals surface area (Å²) >= 11 is 0. The smallest absolute Gasteiger partial charge is 0.411 e. The van der Waals surface area contributed by atoms with Crippen molar-refractivity contribution in [2.75, 3.05) is 37.9 Å². The number of hydrogen-bond donors (Lipinski definition) is 2. The van der Waals surface area contributed by atoms with Gasteiger partial charge in [0.2, 0.25) is 5.91 Å². The fraction of sp³-hybridized carbons (Fsp3) is 0.250. The van der Waals surface area contributed by atoms with Gasteiger partial charge in [-0.1, -0.05) is 6.07 Å². The summed E-state index contributed by atoms with van der Waals surface area (Å²) in [6.45, 7) is 1.87. The van der Waals surface area contributed by atoms with Crippen molar-refractivity contribution < 1.29 is 23.9 Å². The Hall–Kier alpha value is -3.55. The number of anilines is 2. The third-order valence-corrected chi connectivity index (χ3v) is 3.73. The van der Waals surface area contributed by atoms with Gasteiger partial charge in [0, 0.05) is 30.1 Å². The minimum atomic E-state index is -0.562. The predicted molar refractivity (Wildman–Crippen MR) is 106 cm³/mol. The van der Waals surface area contributed by atoms with E-state index < -0.39 is 6.09 Å². The van der Waals surface area contributed by atoms with Crippen molar-refractivity contribution in [3.63, 3.8) is 0 Å². The van der Waals surface area contributed by atoms with Crippen LogP contribution in [0.25, 0.3) is 0 Å². The van der Waals surface area contributed by atoms with Crippen LogP contribution in [0.2, 0.25) is 0 Å². The van der Waals surface area contributed by atoms with Crippen molar-refractivity contribution in [1.29, 1.82) is 0 Å². The lowest BCUT2D eigenvalue weighted by Crippen LogP contribution is -2.34. The molecular weight excluding hydrogens is 362 g/mol. The highest BCUT2D eigenvalue weighted by molar-refractivity contribution is 5.99. The first-order valence-corrected chi connectivity index (χ1v) is 8.66. The van der Waals surface area contributed by atoms with E-state index in [0.717, 1.165) is 0 Å². The summed E-state index contributed by atoms with van der Waals surface area (Å²) in [6.07, 6.45) is -0.562. The number of nitrogens with zero attached hydrogens (tertiary/aromatic N) is 1. The molecule has 0 saturated carbocycles. The molecule has 3 amide bonds. The van der Waals surface area contributed by atoms with Crippen LogP contribution in [0.15, 0.2) is 48.5 Å². The van der Waals surface area contributed by atoms with Crippen LogP contribution < -0.4 is 15.4 Å². The second-order valence-corrected chi connectivity index (χ2v) is 5.86. The van der Waals surface area contributed by atoms with Crippen LogP contribution in [-0.2, 0) is 9.53 Å². The Morgan fingerprint density at radius 2 is 1.71 bits per heavy atom. The Kier molecular flexibility index (Phi) is 7.38. The average molecular weight is 385 g/mol. The number of carbonyl (C=O) groups is 3. The van der Waals surface area contributed by atoms with Gasteiger partial charge in [-0.2, -0.15) is 0 Å². The molecule has 8 heteroatoms. The minimum Gasteiger partial charge on any atom is -0.497 e. The molecule has 0 aliphatic heterocycles. The Labute approximate surface area is 163 Å². The Morgan fingerprint density at radius 1 is 1.00 bits per heavy atom. The first-order chi connectivity index (χ1) is 13.4. The minimum absolute atomic E-state index is 0.112. The van der Waals surface area contributed by atoms with Gasteiger partial charge in [0.05, 0.1) is 20.3 Å². The van der Waals surface area contributed by atoms with E-state index in [1.165, 1.54) is 11.9 Å². The van der Waals surface area contributed by atoms with E-state index >= 15 is 0 Å². The number of nitrogens with one attached hydrogen (secondary N) is 2. The quantitative estimate of drug-likeness (QED) is 0.764. The van der Waals surface area contributed by atoms with Crippen molar-refractivity contribution in [2.24, 2.45) is 0 Å². The normalized spacial score (nSPS) is 9.96. The van der Waals surface area contributed by atoms with Gasteiger partial charge in [0.1, 0.15) is 5.75 Å². The molecule has 2 aromatic rings. The highest BCUT2D eigenvalue weighted by Crippen LogP contribution is 2.17. The van der Waals surface area contributed by atoms with Crippen molar-refractivity contribution in [3.8, 4) is 5.75 Å². The summed E-state index contributed by atoms with van der Waals surface area (Å²) in [5.74, 6) is -0.0214. The average Bonchev–Trinajstić information content (AvgIpc) is 2.68. The molecule has 0 unspecified atom stereocenters. The Bertz CT molecular complexity index is 836. The maximum atomic E-state index is 12.5. The zero-order chi connectivity index (χ0) is 20.5. The molecule has 0 atom stereocenters. The topological polar surface area (TPSA) is 97.0 Å². The molecule has 0 radical (unpaired) electrons. The molecule has 8 nitrogen and oxygen atoms in total. The van der Waals surface area contributed by atoms with Crippen LogP contribution in [-0.4, -0.2) is 50.1 Å². The van der Waals surface area contributed by atoms with E-state index in [0.29, 0.717) is 22.7 Å². The molecular formula is C20H23N3O5. The highest BCUT2D eigenvalue weighted by Gasteiger charge is 2.15. The van der Waals surface area contributed by atoms with Crippen LogP contribution >= 0.6 is 0 Å². The van der Waals surface area contributed by atoms with Crippen LogP contribution in [0, 0.1) is 0 Å². The number of carbonyl (C=O) groups excluding carboxylic acids is 3. The van der Waals surface area contributed by atoms with Gasteiger partial charge in [-0.3, -0.25) is 14.9 Å². The Morgan fingerprint density at radius 3 is 2.36 bits per heavy atom. The molecule has 0 spiro atoms. The lowest BCUT2D eigenvalue weighted by Gasteiger charge is -2.17. The fourth-order valence-electron chi connectivity index (χ4n) is 2.39. The SMILES string of the molecule is CCOC(=O)Nc1ccc(C(=O)N(C)CC(=O)Nc2cccc(OC)c2)cc1. The van der Waals surface area contributed by atoms with E-state index in [1.807, 2.05) is 0 Å². The van der Waals surface area contributed by atoms with E-state index in [9.17, 15) is 14.4 Å². The highest BCUT2D eigenvalue weighted by atomic mass is 16.5. The standard InChI is InChI=1S/C20H23N3O5/c1-4-28-20(26)22-15-10-8-14(9-11-15)19(25)23(2)13-18(24)21-16-6-5-7-17(12-16)27-3/h5-12H,4,13H2,1-3H3,(H,21,24)(H,22,26). The molecule has 0 heterocycles. The van der Waals surface area contributed by atoms with E-state index in [1.54, 1.807) is 62.6 Å². The van der Waals surface area contributed by atoms with E-state index in [4.69, 9.17) is 9.47 Å². The van der Waals surface area contributed by atoms with E-state index in [2.05, 4.69) is 10.6 Å². The molecule has 28 heavy (non-hydrogen) atoms. The summed E-state index contributed by atoms with van der Waals surface area (Å²) in [7, 11) is 3.08. The summed E-state index contributed by atoms with van der Waals surface area (Å²) in [6, 6.07) is 13.3. The zero-order valence-corrected chi connectivity index (χ0v) is 16.0. The van der Waals surface area contributed by atoms with Crippen molar-refractivity contribution in [3.05, 3.63) is 54.1 Å². The van der Waals surface area contributed by atoms with Crippen LogP contribution in [0.1, 0.15) is 17.3 Å². The van der Waals surface area contributed by atoms with E-state index in [-0.39, 0.29) is 25.0 Å². The molecule has 0 bridgehead atoms. The summed E-state index contributed by atoms with van der Waals surface area (Å²) < 4.78 is 9.90. The van der Waals surface area contributed by atoms with Crippen LogP contribution in [0.4, 0.5) is 16.2 Å². The van der Waals surface area contributed by atoms with Gasteiger partial charge in [0.25, 0.3) is 5.91 Å². The van der Waals surface area contributed by atoms with Gasteiger partial charge < -0.3 is 19.7 Å². The van der Waals surface area contributed by atoms with Gasteiger partial charge in [-0.15, -0.1) is 0 Å². The lowest BCUT2D eigenvalue weighted by atomic mass is 10.2. The third kappa shape index (κ3) is 6.01. The molecule has 2 rings (SSSR count). The molecule has 148 valence electrons. The largest absolute Gasteiger partial charge is 0.497 e. The maximum Gasteiger partial charge on any atom is 0.411 e. The van der Waals surface area contributed by atoms with Gasteiger partial charge in [0.15, 0.2) is 0 Å². The number of benzene rings is 2. The first-order valence-electron chi connectivity index (χ1n) is 8.66. The summed E-state index contributed by atoms with van der Waals surface area (Å²) in [4.78, 5) is 37.4. The molecule has 0 aromatic heterocycles. The molecule has 0 aliphatic carbocycles. The third-order valence-electron chi connectivity index (χ3n) is 3.73. The second-order valence-electron chi connectivity index (χ2n) is 5.86. The van der Waals surface area contributed by atoms with Gasteiger partial charge >= 0.3 is 6.09 Å². The summed E-state index contributed by atoms with van der Waals surface area (Å²) in [5.41, 5.74) is 1.49. The number of amides is 3. The van der Waals surface area contributed by atoms with Crippen molar-refractivity contribution >= 4 is 29.3 Å². The van der Waals surface area contributed by atoms with Crippen molar-refractivity contribution in [2.45, 2.75) is 6.92 Å². The van der Waals surface area contributed by atoms with Crippen LogP contribution in [0.5, 0.6) is 5.75 Å². The lowest BCUT2D eigenvalue weighted by molar-refractivity contribution is -0.116. The Balaban J connectivity index is 1.92. The number of ether oxygens (including phenoxy) is 2. The van der Waals surface area contributed by atoms with Gasteiger partial charge in [-0.25, -0.2) is 4.79 Å². The molecule has 0 fully saturated rings. The second kappa shape index (κ2) is 9.96. The molecule has 2 N–H and O–H groups in total. The van der Waals surface area contributed by atoms with Crippen molar-refractivity contribution in [1.82, 2.24) is 4.90 Å². The number of hydrogen-bond acceptors (Lipinski definition) is 5. The summed E-state index contributed by atoms with van der Waals surface area (Å²) in [5, 5.41) is 5.27. The molecule has 2 aromatic carbocycles. The maximum absolute atomic E-state index is 12.5. The predicted octanol–water partition coefficient (Wildman–Crippen LogP) is 2.97. The van der Waals surface area contributed by atoms with Crippen LogP contribution in [0.3, 0.4) is 0 Å². The molecule has 0 saturated heterocycles. The first kappa shape index (κ1) is 20.8. The zero-order valence-electron chi connectivity index (χ0n) is 16.0. The fourth-order valence-corrected chi connectivity index (χ4v) is 2.39. The number of likely N-dealkylation sites (N-methyl/N-ethyl adjacent to an activating group) is 1. The molecule has 0 aliphatic rings. The monoisotopic (exact) mass is 385 g/mol. The van der Waals surface area contributed by atoms with Gasteiger partial charge in [-0.05, 0) is 43.3 Å². The number of methoxy groups -OCH3 is 1. The number of rotatable bonds is 7.